The molecule has 12 heteroatoms. The highest BCUT2D eigenvalue weighted by molar-refractivity contribution is 5.89. The lowest BCUT2D eigenvalue weighted by Crippen LogP contribution is -2.55. The molecular weight excluding hydrogens is 439 g/mol. The van der Waals surface area contributed by atoms with E-state index in [2.05, 4.69) is 25.2 Å². The minimum atomic E-state index is -4.64. The fraction of sp³-hybridized carbons (Fsp3) is 0.429. The summed E-state index contributed by atoms with van der Waals surface area (Å²) in [7, 11) is 2.79. The maximum Gasteiger partial charge on any atom is 0.417 e. The normalized spacial score (nSPS) is 16.1. The minimum Gasteiger partial charge on any atom is -0.355 e. The molecule has 0 aliphatic carbocycles. The molecular formula is C21H24F3N7O2. The molecule has 3 aromatic heterocycles. The number of amides is 2. The van der Waals surface area contributed by atoms with Crippen LogP contribution in [0.2, 0.25) is 0 Å². The monoisotopic (exact) mass is 463 g/mol. The average molecular weight is 463 g/mol. The summed E-state index contributed by atoms with van der Waals surface area (Å²) in [5.41, 5.74) is -1.23. The van der Waals surface area contributed by atoms with Crippen molar-refractivity contribution in [2.75, 3.05) is 30.4 Å². The smallest absolute Gasteiger partial charge is 0.355 e. The molecule has 2 N–H and O–H groups in total. The number of anilines is 2. The number of nitrogens with one attached hydrogen (secondary N) is 2. The molecule has 1 fully saturated rings. The van der Waals surface area contributed by atoms with E-state index in [0.29, 0.717) is 43.8 Å². The van der Waals surface area contributed by atoms with Gasteiger partial charge in [0.1, 0.15) is 17.0 Å². The lowest BCUT2D eigenvalue weighted by atomic mass is 9.88. The molecule has 1 aliphatic rings. The van der Waals surface area contributed by atoms with E-state index >= 15 is 0 Å². The van der Waals surface area contributed by atoms with Crippen LogP contribution in [0.25, 0.3) is 11.2 Å². The molecule has 0 radical (unpaired) electrons. The molecule has 4 heterocycles. The number of alkyl halides is 3. The second-order valence-corrected chi connectivity index (χ2v) is 8.47. The van der Waals surface area contributed by atoms with Gasteiger partial charge < -0.3 is 24.7 Å². The highest BCUT2D eigenvalue weighted by Crippen LogP contribution is 2.31. The second kappa shape index (κ2) is 8.09. The van der Waals surface area contributed by atoms with Crippen molar-refractivity contribution >= 4 is 28.7 Å². The summed E-state index contributed by atoms with van der Waals surface area (Å²) in [5, 5.41) is 2.36. The van der Waals surface area contributed by atoms with Crippen molar-refractivity contribution in [1.82, 2.24) is 24.4 Å². The van der Waals surface area contributed by atoms with Crippen LogP contribution in [-0.2, 0) is 13.2 Å². The molecule has 9 nitrogen and oxygen atoms in total. The first kappa shape index (κ1) is 22.6. The average Bonchev–Trinajstić information content (AvgIpc) is 3.24. The Morgan fingerprint density at radius 1 is 1.30 bits per heavy atom. The molecule has 1 aliphatic heterocycles. The number of piperidine rings is 1. The van der Waals surface area contributed by atoms with Gasteiger partial charge in [0.25, 0.3) is 5.56 Å². The first-order chi connectivity index (χ1) is 15.5. The Morgan fingerprint density at radius 2 is 2.00 bits per heavy atom. The SMILES string of the molecule is CN(C(=O)Nc1cc(C(F)(F)F)cn(C)c1=O)C1(C)CCN(c2cnc3[nH]ccc3n2)CC1. The number of rotatable bonds is 3. The number of hydrogen-bond acceptors (Lipinski definition) is 5. The predicted octanol–water partition coefficient (Wildman–Crippen LogP) is 3.20. The Kier molecular flexibility index (Phi) is 5.54. The molecule has 3 aromatic rings. The van der Waals surface area contributed by atoms with Crippen LogP contribution in [0.3, 0.4) is 0 Å². The highest BCUT2D eigenvalue weighted by atomic mass is 19.4. The molecule has 0 aromatic carbocycles. The molecule has 0 spiro atoms. The van der Waals surface area contributed by atoms with Gasteiger partial charge in [0.05, 0.1) is 11.8 Å². The number of aromatic nitrogens is 4. The third-order valence-electron chi connectivity index (χ3n) is 6.28. The van der Waals surface area contributed by atoms with Crippen molar-refractivity contribution in [2.45, 2.75) is 31.5 Å². The number of carbonyl (C=O) groups is 1. The van der Waals surface area contributed by atoms with Crippen LogP contribution in [-0.4, -0.2) is 56.1 Å². The molecule has 1 saturated heterocycles. The lowest BCUT2D eigenvalue weighted by molar-refractivity contribution is -0.138. The van der Waals surface area contributed by atoms with Crippen molar-refractivity contribution in [1.29, 1.82) is 0 Å². The maximum absolute atomic E-state index is 13.1. The summed E-state index contributed by atoms with van der Waals surface area (Å²) in [6.45, 7) is 3.14. The van der Waals surface area contributed by atoms with Crippen LogP contribution in [0.15, 0.2) is 35.5 Å². The van der Waals surface area contributed by atoms with Crippen LogP contribution in [0.4, 0.5) is 29.5 Å². The van der Waals surface area contributed by atoms with E-state index in [9.17, 15) is 22.8 Å². The third kappa shape index (κ3) is 4.37. The van der Waals surface area contributed by atoms with Gasteiger partial charge in [-0.15, -0.1) is 0 Å². The van der Waals surface area contributed by atoms with Crippen molar-refractivity contribution in [3.05, 3.63) is 46.6 Å². The lowest BCUT2D eigenvalue weighted by Gasteiger charge is -2.45. The fourth-order valence-electron chi connectivity index (χ4n) is 3.93. The van der Waals surface area contributed by atoms with Gasteiger partial charge >= 0.3 is 12.2 Å². The number of aromatic amines is 1. The Morgan fingerprint density at radius 3 is 2.67 bits per heavy atom. The molecule has 0 saturated carbocycles. The van der Waals surface area contributed by atoms with Crippen molar-refractivity contribution in [3.63, 3.8) is 0 Å². The zero-order valence-electron chi connectivity index (χ0n) is 18.4. The summed E-state index contributed by atoms with van der Waals surface area (Å²) >= 11 is 0. The van der Waals surface area contributed by atoms with E-state index in [1.165, 1.54) is 11.9 Å². The number of aryl methyl sites for hydroxylation is 1. The van der Waals surface area contributed by atoms with E-state index in [1.807, 2.05) is 13.0 Å². The number of carbonyl (C=O) groups excluding carboxylic acids is 1. The summed E-state index contributed by atoms with van der Waals surface area (Å²) in [5.74, 6) is 0.740. The van der Waals surface area contributed by atoms with E-state index in [-0.39, 0.29) is 0 Å². The fourth-order valence-corrected chi connectivity index (χ4v) is 3.93. The maximum atomic E-state index is 13.1. The first-order valence-electron chi connectivity index (χ1n) is 10.4. The van der Waals surface area contributed by atoms with Crippen LogP contribution >= 0.6 is 0 Å². The van der Waals surface area contributed by atoms with Gasteiger partial charge in [0, 0.05) is 45.1 Å². The number of halogens is 3. The van der Waals surface area contributed by atoms with Crippen molar-refractivity contribution in [2.24, 2.45) is 7.05 Å². The molecule has 176 valence electrons. The number of nitrogens with zero attached hydrogens (tertiary/aromatic N) is 5. The quantitative estimate of drug-likeness (QED) is 0.622. The van der Waals surface area contributed by atoms with E-state index in [4.69, 9.17) is 0 Å². The third-order valence-corrected chi connectivity index (χ3v) is 6.28. The van der Waals surface area contributed by atoms with Gasteiger partial charge in [0.15, 0.2) is 5.65 Å². The number of urea groups is 1. The molecule has 33 heavy (non-hydrogen) atoms. The number of H-pyrrole nitrogens is 1. The van der Waals surface area contributed by atoms with Crippen LogP contribution in [0.5, 0.6) is 0 Å². The Labute approximate surface area is 187 Å². The zero-order valence-corrected chi connectivity index (χ0v) is 18.4. The van der Waals surface area contributed by atoms with Crippen LogP contribution < -0.4 is 15.8 Å². The number of fused-ring (bicyclic) bond motifs is 1. The van der Waals surface area contributed by atoms with E-state index < -0.39 is 34.6 Å². The highest BCUT2D eigenvalue weighted by Gasteiger charge is 2.37. The summed E-state index contributed by atoms with van der Waals surface area (Å²) in [6, 6.07) is 1.86. The van der Waals surface area contributed by atoms with E-state index in [1.54, 1.807) is 19.4 Å². The van der Waals surface area contributed by atoms with E-state index in [0.717, 1.165) is 15.9 Å². The van der Waals surface area contributed by atoms with Gasteiger partial charge in [0.2, 0.25) is 0 Å². The largest absolute Gasteiger partial charge is 0.417 e. The molecule has 0 bridgehead atoms. The Balaban J connectivity index is 1.46. The van der Waals surface area contributed by atoms with Crippen LogP contribution in [0, 0.1) is 0 Å². The van der Waals surface area contributed by atoms with Crippen molar-refractivity contribution < 1.29 is 18.0 Å². The van der Waals surface area contributed by atoms with Gasteiger partial charge in [-0.05, 0) is 31.9 Å². The molecule has 0 atom stereocenters. The van der Waals surface area contributed by atoms with Gasteiger partial charge in [-0.1, -0.05) is 0 Å². The Bertz CT molecular complexity index is 1240. The molecule has 4 rings (SSSR count). The first-order valence-corrected chi connectivity index (χ1v) is 10.4. The zero-order chi connectivity index (χ0) is 24.0. The standard InChI is InChI=1S/C21H24F3N7O2/c1-20(5-8-31(9-6-20)16-11-26-17-14(27-16)4-7-25-17)30(3)19(33)28-15-10-13(21(22,23)24)12-29(2)18(15)32/h4,7,10-12H,5-6,8-9H2,1-3H3,(H,25,26)(H,28,33). The summed E-state index contributed by atoms with van der Waals surface area (Å²) < 4.78 is 40.2. The number of hydrogen-bond donors (Lipinski definition) is 2. The van der Waals surface area contributed by atoms with Crippen molar-refractivity contribution in [3.8, 4) is 0 Å². The number of pyridine rings is 1. The minimum absolute atomic E-state index is 0.416. The second-order valence-electron chi connectivity index (χ2n) is 8.47. The van der Waals surface area contributed by atoms with Crippen LogP contribution in [0.1, 0.15) is 25.3 Å². The topological polar surface area (TPSA) is 99.1 Å². The summed E-state index contributed by atoms with van der Waals surface area (Å²) in [4.78, 5) is 40.6. The van der Waals surface area contributed by atoms with Gasteiger partial charge in [-0.25, -0.2) is 14.8 Å². The van der Waals surface area contributed by atoms with Gasteiger partial charge in [-0.2, -0.15) is 13.2 Å². The van der Waals surface area contributed by atoms with Gasteiger partial charge in [-0.3, -0.25) is 4.79 Å². The molecule has 2 amide bonds. The predicted molar refractivity (Wildman–Crippen MR) is 117 cm³/mol. The Hall–Kier alpha value is -3.57. The molecule has 0 unspecified atom stereocenters. The summed E-state index contributed by atoms with van der Waals surface area (Å²) in [6.07, 6.45) is 0.734.